The summed E-state index contributed by atoms with van der Waals surface area (Å²) in [5.41, 5.74) is 0.660. The van der Waals surface area contributed by atoms with Gasteiger partial charge in [-0.1, -0.05) is 12.1 Å². The molecule has 0 saturated carbocycles. The van der Waals surface area contributed by atoms with E-state index < -0.39 is 10.1 Å². The lowest BCUT2D eigenvalue weighted by molar-refractivity contribution is 0.463. The van der Waals surface area contributed by atoms with Gasteiger partial charge in [-0.25, -0.2) is 0 Å². The van der Waals surface area contributed by atoms with Crippen molar-refractivity contribution in [3.63, 3.8) is 0 Å². The van der Waals surface area contributed by atoms with E-state index in [-0.39, 0.29) is 22.0 Å². The van der Waals surface area contributed by atoms with E-state index in [2.05, 4.69) is 0 Å². The van der Waals surface area contributed by atoms with Gasteiger partial charge >= 0.3 is 10.1 Å². The largest absolute Gasteiger partial charge is 0.508 e. The highest BCUT2D eigenvalue weighted by atomic mass is 32.2. The number of nitriles is 1. The molecule has 2 rings (SSSR count). The number of benzene rings is 2. The molecule has 0 atom stereocenters. The molecule has 0 heterocycles. The van der Waals surface area contributed by atoms with E-state index in [4.69, 9.17) is 9.44 Å². The number of aryl methyl sites for hydroxylation is 1. The first-order chi connectivity index (χ1) is 9.42. The molecule has 0 aliphatic carbocycles. The molecule has 0 fully saturated rings. The first-order valence-electron chi connectivity index (χ1n) is 5.66. The summed E-state index contributed by atoms with van der Waals surface area (Å²) >= 11 is 0. The van der Waals surface area contributed by atoms with E-state index in [1.54, 1.807) is 19.1 Å². The molecular weight excluding hydrogens is 278 g/mol. The van der Waals surface area contributed by atoms with Gasteiger partial charge in [0.15, 0.2) is 0 Å². The van der Waals surface area contributed by atoms with Crippen molar-refractivity contribution in [3.05, 3.63) is 53.6 Å². The minimum atomic E-state index is -4.12. The monoisotopic (exact) mass is 289 g/mol. The first kappa shape index (κ1) is 13.9. The van der Waals surface area contributed by atoms with E-state index >= 15 is 0 Å². The van der Waals surface area contributed by atoms with Gasteiger partial charge in [0, 0.05) is 6.07 Å². The van der Waals surface area contributed by atoms with E-state index in [0.717, 1.165) is 0 Å². The molecule has 0 bridgehead atoms. The Morgan fingerprint density at radius 3 is 2.55 bits per heavy atom. The van der Waals surface area contributed by atoms with Crippen molar-refractivity contribution in [2.75, 3.05) is 0 Å². The molecule has 102 valence electrons. The van der Waals surface area contributed by atoms with Crippen LogP contribution >= 0.6 is 0 Å². The molecule has 6 heteroatoms. The smallest absolute Gasteiger partial charge is 0.340 e. The second-order valence-electron chi connectivity index (χ2n) is 4.15. The molecule has 0 aliphatic rings. The van der Waals surface area contributed by atoms with Crippen molar-refractivity contribution in [2.45, 2.75) is 11.8 Å². The van der Waals surface area contributed by atoms with E-state index in [9.17, 15) is 13.5 Å². The molecule has 0 radical (unpaired) electrons. The Morgan fingerprint density at radius 2 is 1.90 bits per heavy atom. The van der Waals surface area contributed by atoms with Gasteiger partial charge in [-0.3, -0.25) is 0 Å². The molecule has 0 saturated heterocycles. The fourth-order valence-electron chi connectivity index (χ4n) is 1.73. The third-order valence-electron chi connectivity index (χ3n) is 2.52. The third-order valence-corrected chi connectivity index (χ3v) is 3.82. The summed E-state index contributed by atoms with van der Waals surface area (Å²) in [5, 5.41) is 18.4. The van der Waals surface area contributed by atoms with Crippen LogP contribution in [0.1, 0.15) is 11.1 Å². The Kier molecular flexibility index (Phi) is 3.63. The zero-order valence-corrected chi connectivity index (χ0v) is 11.4. The normalized spacial score (nSPS) is 10.8. The molecule has 0 aromatic heterocycles. The zero-order valence-electron chi connectivity index (χ0n) is 10.6. The summed E-state index contributed by atoms with van der Waals surface area (Å²) in [4.78, 5) is -0.205. The van der Waals surface area contributed by atoms with Crippen LogP contribution in [0.4, 0.5) is 0 Å². The topological polar surface area (TPSA) is 87.4 Å². The Balaban J connectivity index is 2.44. The fraction of sp³-hybridized carbons (Fsp3) is 0.0714. The number of phenolic OH excluding ortho intramolecular Hbond substituents is 1. The molecule has 0 amide bonds. The summed E-state index contributed by atoms with van der Waals surface area (Å²) in [6.45, 7) is 1.70. The molecule has 2 aromatic rings. The summed E-state index contributed by atoms with van der Waals surface area (Å²) < 4.78 is 29.3. The SMILES string of the molecule is Cc1cc(O)cc(OS(=O)(=O)c2ccccc2C#N)c1. The highest BCUT2D eigenvalue weighted by Crippen LogP contribution is 2.25. The second kappa shape index (κ2) is 5.23. The van der Waals surface area contributed by atoms with Gasteiger partial charge in [0.25, 0.3) is 0 Å². The van der Waals surface area contributed by atoms with Gasteiger partial charge in [-0.05, 0) is 36.8 Å². The summed E-state index contributed by atoms with van der Waals surface area (Å²) in [7, 11) is -4.12. The van der Waals surface area contributed by atoms with Crippen molar-refractivity contribution in [1.29, 1.82) is 5.26 Å². The van der Waals surface area contributed by atoms with Gasteiger partial charge in [-0.2, -0.15) is 13.7 Å². The highest BCUT2D eigenvalue weighted by molar-refractivity contribution is 7.87. The van der Waals surface area contributed by atoms with Crippen LogP contribution in [-0.4, -0.2) is 13.5 Å². The molecule has 20 heavy (non-hydrogen) atoms. The predicted octanol–water partition coefficient (Wildman–Crippen LogP) is 2.34. The number of phenols is 1. The van der Waals surface area contributed by atoms with Gasteiger partial charge in [-0.15, -0.1) is 0 Å². The van der Waals surface area contributed by atoms with Gasteiger partial charge in [0.2, 0.25) is 0 Å². The van der Waals surface area contributed by atoms with E-state index in [0.29, 0.717) is 5.56 Å². The number of aromatic hydroxyl groups is 1. The summed E-state index contributed by atoms with van der Waals surface area (Å²) in [6, 6.07) is 11.7. The number of nitrogens with zero attached hydrogens (tertiary/aromatic N) is 1. The standard InChI is InChI=1S/C14H11NO4S/c1-10-6-12(16)8-13(7-10)19-20(17,18)14-5-3-2-4-11(14)9-15/h2-8,16H,1H3. The van der Waals surface area contributed by atoms with Crippen molar-refractivity contribution < 1.29 is 17.7 Å². The number of hydrogen-bond acceptors (Lipinski definition) is 5. The van der Waals surface area contributed by atoms with Crippen molar-refractivity contribution in [1.82, 2.24) is 0 Å². The zero-order chi connectivity index (χ0) is 14.8. The van der Waals surface area contributed by atoms with Crippen molar-refractivity contribution >= 4 is 10.1 Å². The van der Waals surface area contributed by atoms with Crippen LogP contribution < -0.4 is 4.18 Å². The van der Waals surface area contributed by atoms with Gasteiger partial charge in [0.1, 0.15) is 22.5 Å². The van der Waals surface area contributed by atoms with Crippen LogP contribution in [0.15, 0.2) is 47.4 Å². The van der Waals surface area contributed by atoms with Crippen molar-refractivity contribution in [3.8, 4) is 17.6 Å². The van der Waals surface area contributed by atoms with Crippen LogP contribution in [0.25, 0.3) is 0 Å². The second-order valence-corrected chi connectivity index (χ2v) is 5.66. The highest BCUT2D eigenvalue weighted by Gasteiger charge is 2.20. The van der Waals surface area contributed by atoms with Crippen LogP contribution in [-0.2, 0) is 10.1 Å². The maximum atomic E-state index is 12.1. The van der Waals surface area contributed by atoms with Crippen LogP contribution in [0.5, 0.6) is 11.5 Å². The van der Waals surface area contributed by atoms with Crippen LogP contribution in [0.3, 0.4) is 0 Å². The molecule has 2 aromatic carbocycles. The van der Waals surface area contributed by atoms with Crippen LogP contribution in [0.2, 0.25) is 0 Å². The molecule has 0 aliphatic heterocycles. The lowest BCUT2D eigenvalue weighted by Gasteiger charge is -2.09. The van der Waals surface area contributed by atoms with E-state index in [1.807, 2.05) is 0 Å². The minimum absolute atomic E-state index is 0.00405. The Morgan fingerprint density at radius 1 is 1.20 bits per heavy atom. The Hall–Kier alpha value is -2.52. The quantitative estimate of drug-likeness (QED) is 0.876. The Bertz CT molecular complexity index is 771. The van der Waals surface area contributed by atoms with Gasteiger partial charge in [0.05, 0.1) is 5.56 Å². The molecule has 0 unspecified atom stereocenters. The third kappa shape index (κ3) is 2.90. The maximum absolute atomic E-state index is 12.1. The molecular formula is C14H11NO4S. The average Bonchev–Trinajstić information content (AvgIpc) is 2.36. The fourth-order valence-corrected chi connectivity index (χ4v) is 2.79. The summed E-state index contributed by atoms with van der Waals surface area (Å²) in [5.74, 6) is -0.0981. The lowest BCUT2D eigenvalue weighted by Crippen LogP contribution is -2.11. The number of rotatable bonds is 3. The van der Waals surface area contributed by atoms with E-state index in [1.165, 1.54) is 36.4 Å². The van der Waals surface area contributed by atoms with Crippen molar-refractivity contribution in [2.24, 2.45) is 0 Å². The molecule has 1 N–H and O–H groups in total. The van der Waals surface area contributed by atoms with Gasteiger partial charge < -0.3 is 9.29 Å². The molecule has 0 spiro atoms. The molecule has 5 nitrogen and oxygen atoms in total. The Labute approximate surface area is 116 Å². The summed E-state index contributed by atoms with van der Waals surface area (Å²) in [6.07, 6.45) is 0. The minimum Gasteiger partial charge on any atom is -0.508 e. The number of hydrogen-bond donors (Lipinski definition) is 1. The average molecular weight is 289 g/mol. The van der Waals surface area contributed by atoms with Crippen LogP contribution in [0, 0.1) is 18.3 Å². The first-order valence-corrected chi connectivity index (χ1v) is 7.07. The maximum Gasteiger partial charge on any atom is 0.340 e. The predicted molar refractivity (Wildman–Crippen MR) is 71.8 cm³/mol. The lowest BCUT2D eigenvalue weighted by atomic mass is 10.2.